The summed E-state index contributed by atoms with van der Waals surface area (Å²) in [7, 11) is 1.91. The SMILES string of the molecule is CN(CC(=O)NC(C)(C)C)CC1CC(CNC(=O)c2ccc(F)c(OC(F)F)c2)C1. The summed E-state index contributed by atoms with van der Waals surface area (Å²) in [5.74, 6) is -1.31. The lowest BCUT2D eigenvalue weighted by Gasteiger charge is -2.37. The summed E-state index contributed by atoms with van der Waals surface area (Å²) < 4.78 is 42.1. The van der Waals surface area contributed by atoms with Gasteiger partial charge in [-0.1, -0.05) is 0 Å². The standard InChI is InChI=1S/C21H30F3N3O3/c1-21(2,3)26-18(28)12-27(4)11-14-7-13(8-14)10-25-19(29)15-5-6-16(22)17(9-15)30-20(23)24/h5-6,9,13-14,20H,7-8,10-12H2,1-4H3,(H,25,29)(H,26,28). The van der Waals surface area contributed by atoms with Crippen molar-refractivity contribution in [1.82, 2.24) is 15.5 Å². The molecule has 0 heterocycles. The van der Waals surface area contributed by atoms with E-state index in [-0.39, 0.29) is 17.0 Å². The van der Waals surface area contributed by atoms with Crippen LogP contribution in [0.5, 0.6) is 5.75 Å². The van der Waals surface area contributed by atoms with E-state index in [1.807, 2.05) is 32.7 Å². The Morgan fingerprint density at radius 2 is 1.90 bits per heavy atom. The van der Waals surface area contributed by atoms with Gasteiger partial charge in [-0.05, 0) is 70.7 Å². The van der Waals surface area contributed by atoms with Crippen LogP contribution in [0.3, 0.4) is 0 Å². The van der Waals surface area contributed by atoms with Gasteiger partial charge in [-0.2, -0.15) is 8.78 Å². The van der Waals surface area contributed by atoms with Gasteiger partial charge in [0.1, 0.15) is 0 Å². The highest BCUT2D eigenvalue weighted by Crippen LogP contribution is 2.33. The van der Waals surface area contributed by atoms with Crippen molar-refractivity contribution in [3.63, 3.8) is 0 Å². The number of halogens is 3. The molecule has 2 amide bonds. The first kappa shape index (κ1) is 24.0. The minimum absolute atomic E-state index is 0.0115. The van der Waals surface area contributed by atoms with E-state index in [9.17, 15) is 22.8 Å². The molecule has 1 fully saturated rings. The zero-order chi connectivity index (χ0) is 22.5. The molecule has 2 N–H and O–H groups in total. The number of benzene rings is 1. The predicted octanol–water partition coefficient (Wildman–Crippen LogP) is 3.03. The van der Waals surface area contributed by atoms with Gasteiger partial charge < -0.3 is 15.4 Å². The Hall–Kier alpha value is -2.29. The van der Waals surface area contributed by atoms with Gasteiger partial charge in [0.05, 0.1) is 6.54 Å². The highest BCUT2D eigenvalue weighted by molar-refractivity contribution is 5.94. The molecule has 2 rings (SSSR count). The van der Waals surface area contributed by atoms with Crippen molar-refractivity contribution in [3.8, 4) is 5.75 Å². The van der Waals surface area contributed by atoms with Gasteiger partial charge >= 0.3 is 6.61 Å². The van der Waals surface area contributed by atoms with Crippen molar-refractivity contribution in [2.75, 3.05) is 26.7 Å². The number of carbonyl (C=O) groups excluding carboxylic acids is 2. The molecule has 0 aromatic heterocycles. The smallest absolute Gasteiger partial charge is 0.387 e. The van der Waals surface area contributed by atoms with Crippen LogP contribution in [0.15, 0.2) is 18.2 Å². The van der Waals surface area contributed by atoms with E-state index in [1.165, 1.54) is 6.07 Å². The molecule has 0 saturated heterocycles. The Bertz CT molecular complexity index is 747. The first-order valence-corrected chi connectivity index (χ1v) is 9.95. The lowest BCUT2D eigenvalue weighted by molar-refractivity contribution is -0.123. The Balaban J connectivity index is 1.70. The maximum absolute atomic E-state index is 13.5. The third-order valence-electron chi connectivity index (χ3n) is 4.79. The summed E-state index contributed by atoms with van der Waals surface area (Å²) in [4.78, 5) is 26.2. The van der Waals surface area contributed by atoms with E-state index in [0.29, 0.717) is 24.9 Å². The molecule has 0 bridgehead atoms. The molecule has 1 aliphatic carbocycles. The van der Waals surface area contributed by atoms with Crippen molar-refractivity contribution in [1.29, 1.82) is 0 Å². The van der Waals surface area contributed by atoms with Gasteiger partial charge in [-0.15, -0.1) is 0 Å². The van der Waals surface area contributed by atoms with Gasteiger partial charge in [0.15, 0.2) is 11.6 Å². The third-order valence-corrected chi connectivity index (χ3v) is 4.79. The van der Waals surface area contributed by atoms with Crippen molar-refractivity contribution < 1.29 is 27.5 Å². The Labute approximate surface area is 175 Å². The topological polar surface area (TPSA) is 70.7 Å². The number of hydrogen-bond donors (Lipinski definition) is 2. The molecule has 1 aromatic carbocycles. The van der Waals surface area contributed by atoms with Crippen LogP contribution in [0.1, 0.15) is 44.0 Å². The third kappa shape index (κ3) is 7.85. The molecule has 0 atom stereocenters. The average Bonchev–Trinajstić information content (AvgIpc) is 2.56. The fraction of sp³-hybridized carbons (Fsp3) is 0.619. The largest absolute Gasteiger partial charge is 0.432 e. The molecular weight excluding hydrogens is 399 g/mol. The molecule has 1 aliphatic rings. The monoisotopic (exact) mass is 429 g/mol. The number of carbonyl (C=O) groups is 2. The first-order chi connectivity index (χ1) is 13.9. The van der Waals surface area contributed by atoms with Crippen LogP contribution < -0.4 is 15.4 Å². The van der Waals surface area contributed by atoms with Crippen LogP contribution in [0.25, 0.3) is 0 Å². The molecule has 0 aliphatic heterocycles. The minimum Gasteiger partial charge on any atom is -0.432 e. The fourth-order valence-electron chi connectivity index (χ4n) is 3.57. The summed E-state index contributed by atoms with van der Waals surface area (Å²) in [6.07, 6.45) is 1.85. The lowest BCUT2D eigenvalue weighted by Crippen LogP contribution is -2.47. The zero-order valence-electron chi connectivity index (χ0n) is 17.8. The molecule has 1 aromatic rings. The van der Waals surface area contributed by atoms with Crippen LogP contribution in [-0.2, 0) is 4.79 Å². The number of likely N-dealkylation sites (N-methyl/N-ethyl adjacent to an activating group) is 1. The van der Waals surface area contributed by atoms with E-state index in [2.05, 4.69) is 15.4 Å². The Morgan fingerprint density at radius 1 is 1.23 bits per heavy atom. The number of nitrogens with one attached hydrogen (secondary N) is 2. The first-order valence-electron chi connectivity index (χ1n) is 9.95. The van der Waals surface area contributed by atoms with Crippen molar-refractivity contribution in [3.05, 3.63) is 29.6 Å². The fourth-order valence-corrected chi connectivity index (χ4v) is 3.57. The van der Waals surface area contributed by atoms with Crippen molar-refractivity contribution >= 4 is 11.8 Å². The number of ether oxygens (including phenoxy) is 1. The molecule has 30 heavy (non-hydrogen) atoms. The summed E-state index contributed by atoms with van der Waals surface area (Å²) >= 11 is 0. The second-order valence-electron chi connectivity index (χ2n) is 8.93. The van der Waals surface area contributed by atoms with E-state index in [1.54, 1.807) is 0 Å². The zero-order valence-corrected chi connectivity index (χ0v) is 17.8. The number of amides is 2. The van der Waals surface area contributed by atoms with Crippen LogP contribution >= 0.6 is 0 Å². The highest BCUT2D eigenvalue weighted by atomic mass is 19.3. The van der Waals surface area contributed by atoms with E-state index >= 15 is 0 Å². The molecule has 0 spiro atoms. The normalized spacial score (nSPS) is 18.8. The summed E-state index contributed by atoms with van der Waals surface area (Å²) in [6, 6.07) is 3.12. The molecule has 0 unspecified atom stereocenters. The van der Waals surface area contributed by atoms with E-state index in [4.69, 9.17) is 0 Å². The maximum Gasteiger partial charge on any atom is 0.387 e. The molecule has 9 heteroatoms. The van der Waals surface area contributed by atoms with E-state index < -0.39 is 24.1 Å². The quantitative estimate of drug-likeness (QED) is 0.633. The van der Waals surface area contributed by atoms with Gasteiger partial charge in [-0.3, -0.25) is 14.5 Å². The van der Waals surface area contributed by atoms with Gasteiger partial charge in [0.2, 0.25) is 5.91 Å². The van der Waals surface area contributed by atoms with Gasteiger partial charge in [0, 0.05) is 24.2 Å². The lowest BCUT2D eigenvalue weighted by atomic mass is 9.74. The van der Waals surface area contributed by atoms with Crippen molar-refractivity contribution in [2.45, 2.75) is 45.8 Å². The van der Waals surface area contributed by atoms with Crippen LogP contribution in [0, 0.1) is 17.7 Å². The number of rotatable bonds is 9. The second kappa shape index (κ2) is 10.1. The van der Waals surface area contributed by atoms with Crippen LogP contribution in [0.2, 0.25) is 0 Å². The molecule has 0 radical (unpaired) electrons. The molecule has 6 nitrogen and oxygen atoms in total. The summed E-state index contributed by atoms with van der Waals surface area (Å²) in [5, 5.41) is 5.68. The molecular formula is C21H30F3N3O3. The summed E-state index contributed by atoms with van der Waals surface area (Å²) in [5.41, 5.74) is -0.193. The van der Waals surface area contributed by atoms with Gasteiger partial charge in [0.25, 0.3) is 5.91 Å². The van der Waals surface area contributed by atoms with Crippen LogP contribution in [0.4, 0.5) is 13.2 Å². The molecule has 168 valence electrons. The second-order valence-corrected chi connectivity index (χ2v) is 8.93. The maximum atomic E-state index is 13.5. The number of alkyl halides is 2. The predicted molar refractivity (Wildman–Crippen MR) is 107 cm³/mol. The van der Waals surface area contributed by atoms with Crippen LogP contribution in [-0.4, -0.2) is 55.5 Å². The number of nitrogens with zero attached hydrogens (tertiary/aromatic N) is 1. The minimum atomic E-state index is -3.16. The Kier molecular flexibility index (Phi) is 8.11. The number of hydrogen-bond acceptors (Lipinski definition) is 4. The summed E-state index contributed by atoms with van der Waals surface area (Å²) in [6.45, 7) is 4.24. The molecule has 1 saturated carbocycles. The van der Waals surface area contributed by atoms with E-state index in [0.717, 1.165) is 31.5 Å². The van der Waals surface area contributed by atoms with Crippen molar-refractivity contribution in [2.24, 2.45) is 11.8 Å². The highest BCUT2D eigenvalue weighted by Gasteiger charge is 2.30. The average molecular weight is 429 g/mol. The van der Waals surface area contributed by atoms with Gasteiger partial charge in [-0.25, -0.2) is 4.39 Å². The Morgan fingerprint density at radius 3 is 2.50 bits per heavy atom.